The maximum Gasteiger partial charge on any atom is 0.276 e. The predicted octanol–water partition coefficient (Wildman–Crippen LogP) is 5.15. The molecule has 0 bridgehead atoms. The highest BCUT2D eigenvalue weighted by atomic mass is 31.2. The maximum absolute atomic E-state index is 3.71. The fraction of sp³-hybridized carbons (Fsp3) is 1.00. The minimum Gasteiger partial charge on any atom is -0.350 e. The molecule has 2 aliphatic rings. The van der Waals surface area contributed by atoms with E-state index in [-0.39, 0.29) is 15.6 Å². The quantitative estimate of drug-likeness (QED) is 0.435. The van der Waals surface area contributed by atoms with E-state index in [2.05, 4.69) is 52.2 Å². The van der Waals surface area contributed by atoms with Gasteiger partial charge in [-0.2, -0.15) is 0 Å². The Kier molecular flexibility index (Phi) is 9.10. The van der Waals surface area contributed by atoms with Crippen LogP contribution in [0.3, 0.4) is 0 Å². The largest absolute Gasteiger partial charge is 0.350 e. The summed E-state index contributed by atoms with van der Waals surface area (Å²) < 4.78 is 0. The summed E-state index contributed by atoms with van der Waals surface area (Å²) in [5.41, 5.74) is 4.10. The lowest BCUT2D eigenvalue weighted by molar-refractivity contribution is 0.696. The number of rotatable bonds is 9. The minimum absolute atomic E-state index is 0.141. The van der Waals surface area contributed by atoms with Gasteiger partial charge < -0.3 is 10.5 Å². The molecule has 138 valence electrons. The predicted molar refractivity (Wildman–Crippen MR) is 118 cm³/mol. The molecular formula is C18H40B2N2P2. The van der Waals surface area contributed by atoms with Crippen molar-refractivity contribution in [1.29, 1.82) is 0 Å². The smallest absolute Gasteiger partial charge is 0.276 e. The van der Waals surface area contributed by atoms with Gasteiger partial charge in [-0.05, 0) is 62.4 Å². The number of hydrogen-bond donors (Lipinski definition) is 2. The van der Waals surface area contributed by atoms with Crippen LogP contribution in [0.1, 0.15) is 79.1 Å². The van der Waals surface area contributed by atoms with Crippen LogP contribution in [-0.2, 0) is 0 Å². The molecule has 2 N–H and O–H groups in total. The van der Waals surface area contributed by atoms with Gasteiger partial charge in [-0.25, -0.2) is 0 Å². The average molecular weight is 368 g/mol. The molecule has 2 saturated heterocycles. The Hall–Kier alpha value is 0.910. The summed E-state index contributed by atoms with van der Waals surface area (Å²) in [6.45, 7) is 10.4. The topological polar surface area (TPSA) is 24.1 Å². The molecule has 0 radical (unpaired) electrons. The average Bonchev–Trinajstić information content (AvgIpc) is 3.22. The molecule has 2 heterocycles. The standard InChI is InChI=1S/C18H40B2N2P2/c1-7-15-11-12-16(8-2)23(15)20(19(21-5)22-6)24-17(9-3)13-14-18(24)10-4/h15-18,21-22H,7-14H2,1-6H3/t15-,16-,17-,18-/m1/s1. The van der Waals surface area contributed by atoms with Gasteiger partial charge in [0.05, 0.1) is 0 Å². The summed E-state index contributed by atoms with van der Waals surface area (Å²) in [5, 5.41) is 7.41. The number of nitrogens with one attached hydrogen (secondary N) is 2. The van der Waals surface area contributed by atoms with Crippen LogP contribution in [0.25, 0.3) is 0 Å². The molecule has 0 aromatic carbocycles. The molecule has 0 saturated carbocycles. The van der Waals surface area contributed by atoms with Crippen LogP contribution in [-0.4, -0.2) is 49.6 Å². The third kappa shape index (κ3) is 4.24. The fourth-order valence-corrected chi connectivity index (χ4v) is 16.6. The van der Waals surface area contributed by atoms with E-state index in [9.17, 15) is 0 Å². The summed E-state index contributed by atoms with van der Waals surface area (Å²) in [6.07, 6.45) is 11.7. The first-order valence-corrected chi connectivity index (χ1v) is 13.7. The lowest BCUT2D eigenvalue weighted by atomic mass is 9.50. The van der Waals surface area contributed by atoms with Crippen molar-refractivity contribution >= 4 is 28.5 Å². The van der Waals surface area contributed by atoms with Gasteiger partial charge >= 0.3 is 0 Å². The zero-order valence-electron chi connectivity index (χ0n) is 17.0. The molecular weight excluding hydrogens is 328 g/mol. The van der Waals surface area contributed by atoms with Gasteiger partial charge in [0, 0.05) is 0 Å². The molecule has 6 heteroatoms. The van der Waals surface area contributed by atoms with Crippen molar-refractivity contribution in [2.24, 2.45) is 0 Å². The first-order valence-electron chi connectivity index (χ1n) is 10.6. The molecule has 2 aliphatic heterocycles. The van der Waals surface area contributed by atoms with Gasteiger partial charge in [0.15, 0.2) is 0 Å². The van der Waals surface area contributed by atoms with Crippen LogP contribution in [0.5, 0.6) is 0 Å². The molecule has 0 spiro atoms. The van der Waals surface area contributed by atoms with Crippen LogP contribution >= 0.6 is 15.6 Å². The molecule has 2 nitrogen and oxygen atoms in total. The minimum atomic E-state index is 0.141. The zero-order valence-corrected chi connectivity index (χ0v) is 18.8. The van der Waals surface area contributed by atoms with Crippen molar-refractivity contribution < 1.29 is 0 Å². The van der Waals surface area contributed by atoms with Crippen molar-refractivity contribution in [1.82, 2.24) is 10.5 Å². The van der Waals surface area contributed by atoms with Gasteiger partial charge in [-0.1, -0.05) is 53.4 Å². The van der Waals surface area contributed by atoms with Gasteiger partial charge in [0.25, 0.3) is 6.87 Å². The highest BCUT2D eigenvalue weighted by molar-refractivity contribution is 8.28. The van der Waals surface area contributed by atoms with E-state index in [1.807, 2.05) is 0 Å². The Morgan fingerprint density at radius 2 is 0.958 bits per heavy atom. The molecule has 24 heavy (non-hydrogen) atoms. The lowest BCUT2D eigenvalue weighted by Crippen LogP contribution is -2.56. The van der Waals surface area contributed by atoms with E-state index in [1.165, 1.54) is 51.4 Å². The Morgan fingerprint density at radius 1 is 0.667 bits per heavy atom. The molecule has 4 atom stereocenters. The molecule has 0 amide bonds. The van der Waals surface area contributed by atoms with Crippen LogP contribution in [0.15, 0.2) is 0 Å². The van der Waals surface area contributed by atoms with Crippen molar-refractivity contribution in [2.75, 3.05) is 14.1 Å². The maximum atomic E-state index is 3.71. The second kappa shape index (κ2) is 10.3. The molecule has 0 aliphatic carbocycles. The van der Waals surface area contributed by atoms with Crippen molar-refractivity contribution in [3.8, 4) is 0 Å². The normalized spacial score (nSPS) is 31.8. The third-order valence-corrected chi connectivity index (χ3v) is 16.1. The summed E-state index contributed by atoms with van der Waals surface area (Å²) >= 11 is 0. The monoisotopic (exact) mass is 368 g/mol. The van der Waals surface area contributed by atoms with E-state index in [0.29, 0.717) is 6.87 Å². The highest BCUT2D eigenvalue weighted by Crippen LogP contribution is 2.72. The van der Waals surface area contributed by atoms with Crippen molar-refractivity contribution in [3.63, 3.8) is 0 Å². The first kappa shape index (κ1) is 21.2. The molecule has 2 fully saturated rings. The van der Waals surface area contributed by atoms with E-state index >= 15 is 0 Å². The van der Waals surface area contributed by atoms with E-state index in [1.54, 1.807) is 0 Å². The van der Waals surface area contributed by atoms with Crippen molar-refractivity contribution in [3.05, 3.63) is 0 Å². The Labute approximate surface area is 155 Å². The second-order valence-corrected chi connectivity index (χ2v) is 14.0. The third-order valence-electron chi connectivity index (χ3n) is 6.77. The van der Waals surface area contributed by atoms with Crippen LogP contribution in [0.4, 0.5) is 0 Å². The zero-order chi connectivity index (χ0) is 17.7. The Morgan fingerprint density at radius 3 is 1.17 bits per heavy atom. The van der Waals surface area contributed by atoms with E-state index in [4.69, 9.17) is 0 Å². The van der Waals surface area contributed by atoms with Gasteiger partial charge in [-0.15, -0.1) is 15.6 Å². The van der Waals surface area contributed by atoms with E-state index < -0.39 is 0 Å². The molecule has 0 unspecified atom stereocenters. The highest BCUT2D eigenvalue weighted by Gasteiger charge is 2.52. The van der Waals surface area contributed by atoms with Gasteiger partial charge in [-0.3, -0.25) is 0 Å². The summed E-state index contributed by atoms with van der Waals surface area (Å²) in [5.74, 6) is 0. The molecule has 2 rings (SSSR count). The van der Waals surface area contributed by atoms with Crippen molar-refractivity contribution in [2.45, 2.75) is 102 Å². The second-order valence-electron chi connectivity index (χ2n) is 7.77. The summed E-state index contributed by atoms with van der Waals surface area (Å²) in [7, 11) is 4.66. The summed E-state index contributed by atoms with van der Waals surface area (Å²) in [6, 6.07) is 0.930. The Balaban J connectivity index is 2.39. The Bertz CT molecular complexity index is 319. The SMILES string of the molecule is CC[C@@H]1CC[C@@H](CC)P1B(B(NC)NC)P1[C@H](CC)CC[C@H]1CC. The first-order chi connectivity index (χ1) is 11.7. The van der Waals surface area contributed by atoms with E-state index in [0.717, 1.165) is 28.7 Å². The van der Waals surface area contributed by atoms with Crippen LogP contribution in [0.2, 0.25) is 0 Å². The van der Waals surface area contributed by atoms with Crippen LogP contribution < -0.4 is 10.5 Å². The van der Waals surface area contributed by atoms with Crippen LogP contribution in [0, 0.1) is 0 Å². The number of hydrogen-bond acceptors (Lipinski definition) is 2. The molecule has 0 aromatic heterocycles. The fourth-order valence-electron chi connectivity index (χ4n) is 5.43. The lowest BCUT2D eigenvalue weighted by Gasteiger charge is -2.42. The molecule has 0 aromatic rings. The van der Waals surface area contributed by atoms with Gasteiger partial charge in [0.1, 0.15) is 0 Å². The summed E-state index contributed by atoms with van der Waals surface area (Å²) in [4.78, 5) is 0. The van der Waals surface area contributed by atoms with Gasteiger partial charge in [0.2, 0.25) is 6.04 Å².